The molecule has 140 valence electrons. The van der Waals surface area contributed by atoms with Gasteiger partial charge in [-0.25, -0.2) is 4.67 Å². The monoisotopic (exact) mass is 397 g/mol. The molecular weight excluding hydrogens is 373 g/mol. The minimum Gasteiger partial charge on any atom is -0.373 e. The quantitative estimate of drug-likeness (QED) is 0.584. The Hall–Kier alpha value is -1.58. The van der Waals surface area contributed by atoms with Gasteiger partial charge in [0.25, 0.3) is 0 Å². The van der Waals surface area contributed by atoms with Crippen LogP contribution in [0, 0.1) is 0 Å². The molecule has 0 spiro atoms. The second kappa shape index (κ2) is 7.81. The van der Waals surface area contributed by atoms with E-state index >= 15 is 0 Å². The van der Waals surface area contributed by atoms with E-state index < -0.39 is 7.29 Å². The predicted octanol–water partition coefficient (Wildman–Crippen LogP) is 6.12. The van der Waals surface area contributed by atoms with Crippen molar-refractivity contribution in [3.05, 3.63) is 83.4 Å². The zero-order valence-corrected chi connectivity index (χ0v) is 17.3. The highest BCUT2D eigenvalue weighted by Crippen LogP contribution is 2.63. The van der Waals surface area contributed by atoms with E-state index in [1.165, 1.54) is 0 Å². The molecule has 2 aromatic rings. The highest BCUT2D eigenvalue weighted by atomic mass is 32.2. The molecule has 0 aliphatic carbocycles. The fraction of sp³-hybridized carbons (Fsp3) is 0.273. The highest BCUT2D eigenvalue weighted by Gasteiger charge is 2.36. The van der Waals surface area contributed by atoms with Gasteiger partial charge in [0.05, 0.1) is 12.2 Å². The Morgan fingerprint density at radius 1 is 0.852 bits per heavy atom. The van der Waals surface area contributed by atoms with E-state index in [0.29, 0.717) is 13.1 Å². The Balaban J connectivity index is 1.78. The molecule has 0 aromatic heterocycles. The fourth-order valence-electron chi connectivity index (χ4n) is 3.59. The maximum atomic E-state index is 14.2. The first-order valence-corrected chi connectivity index (χ1v) is 11.9. The molecule has 1 fully saturated rings. The van der Waals surface area contributed by atoms with Crippen molar-refractivity contribution in [1.29, 1.82) is 0 Å². The van der Waals surface area contributed by atoms with Crippen LogP contribution in [0.4, 0.5) is 0 Å². The summed E-state index contributed by atoms with van der Waals surface area (Å²) < 4.78 is 22.1. The number of benzene rings is 2. The van der Waals surface area contributed by atoms with Crippen LogP contribution in [0.2, 0.25) is 0 Å². The van der Waals surface area contributed by atoms with Gasteiger partial charge in [0.1, 0.15) is 0 Å². The van der Waals surface area contributed by atoms with Gasteiger partial charge in [-0.1, -0.05) is 72.4 Å². The first kappa shape index (κ1) is 18.8. The van der Waals surface area contributed by atoms with Crippen LogP contribution in [0.1, 0.15) is 25.0 Å². The topological polar surface area (TPSA) is 29.5 Å². The summed E-state index contributed by atoms with van der Waals surface area (Å²) in [4.78, 5) is 2.12. The van der Waals surface area contributed by atoms with E-state index in [1.807, 2.05) is 48.0 Å². The third-order valence-electron chi connectivity index (χ3n) is 4.78. The molecule has 2 atom stereocenters. The van der Waals surface area contributed by atoms with Crippen LogP contribution in [0.25, 0.3) is 9.81 Å². The summed E-state index contributed by atoms with van der Waals surface area (Å²) in [5, 5.41) is 0. The van der Waals surface area contributed by atoms with Gasteiger partial charge in [0.2, 0.25) is 0 Å². The van der Waals surface area contributed by atoms with Crippen molar-refractivity contribution in [2.45, 2.75) is 26.1 Å². The third-order valence-corrected chi connectivity index (χ3v) is 8.75. The minimum absolute atomic E-state index is 0.0799. The van der Waals surface area contributed by atoms with E-state index in [9.17, 15) is 4.57 Å². The highest BCUT2D eigenvalue weighted by molar-refractivity contribution is 8.17. The Morgan fingerprint density at radius 3 is 1.74 bits per heavy atom. The van der Waals surface area contributed by atoms with Crippen molar-refractivity contribution in [2.75, 3.05) is 13.1 Å². The lowest BCUT2D eigenvalue weighted by Gasteiger charge is -2.39. The van der Waals surface area contributed by atoms with Gasteiger partial charge in [0, 0.05) is 34.5 Å². The number of nitrogens with zero attached hydrogens (tertiary/aromatic N) is 1. The molecule has 0 N–H and O–H groups in total. The van der Waals surface area contributed by atoms with Crippen molar-refractivity contribution in [1.82, 2.24) is 4.67 Å². The molecular formula is C22H24NO2PS. The minimum atomic E-state index is -2.80. The van der Waals surface area contributed by atoms with Crippen LogP contribution in [-0.2, 0) is 9.30 Å². The van der Waals surface area contributed by atoms with Crippen molar-refractivity contribution < 1.29 is 9.30 Å². The smallest absolute Gasteiger partial charge is 0.195 e. The molecule has 0 amide bonds. The van der Waals surface area contributed by atoms with Crippen LogP contribution < -0.4 is 0 Å². The van der Waals surface area contributed by atoms with Crippen LogP contribution in [0.5, 0.6) is 0 Å². The van der Waals surface area contributed by atoms with Gasteiger partial charge >= 0.3 is 0 Å². The van der Waals surface area contributed by atoms with Crippen molar-refractivity contribution >= 4 is 28.9 Å². The van der Waals surface area contributed by atoms with E-state index in [2.05, 4.69) is 42.8 Å². The largest absolute Gasteiger partial charge is 0.373 e. The summed E-state index contributed by atoms with van der Waals surface area (Å²) in [6, 6.07) is 20.5. The van der Waals surface area contributed by atoms with E-state index in [-0.39, 0.29) is 12.2 Å². The molecule has 0 unspecified atom stereocenters. The summed E-state index contributed by atoms with van der Waals surface area (Å²) in [7, 11) is -2.80. The molecule has 1 saturated heterocycles. The lowest BCUT2D eigenvalue weighted by atomic mass is 10.2. The molecule has 27 heavy (non-hydrogen) atoms. The average molecular weight is 397 g/mol. The zero-order chi connectivity index (χ0) is 18.9. The summed E-state index contributed by atoms with van der Waals surface area (Å²) in [5.74, 6) is 3.98. The maximum Gasteiger partial charge on any atom is 0.195 e. The van der Waals surface area contributed by atoms with Crippen molar-refractivity contribution in [3.8, 4) is 0 Å². The fourth-order valence-corrected chi connectivity index (χ4v) is 8.00. The van der Waals surface area contributed by atoms with Crippen LogP contribution in [0.15, 0.2) is 72.3 Å². The van der Waals surface area contributed by atoms with Crippen molar-refractivity contribution in [3.63, 3.8) is 0 Å². The maximum absolute atomic E-state index is 14.2. The molecule has 5 heteroatoms. The average Bonchev–Trinajstić information content (AvgIpc) is 2.68. The Labute approximate surface area is 165 Å². The number of hydrogen-bond acceptors (Lipinski definition) is 3. The molecule has 0 radical (unpaired) electrons. The number of morpholine rings is 1. The van der Waals surface area contributed by atoms with Gasteiger partial charge in [-0.15, -0.1) is 0 Å². The Kier molecular flexibility index (Phi) is 5.43. The number of rotatable bonds is 3. The zero-order valence-electron chi connectivity index (χ0n) is 15.6. The second-order valence-electron chi connectivity index (χ2n) is 7.12. The van der Waals surface area contributed by atoms with Gasteiger partial charge < -0.3 is 4.74 Å². The van der Waals surface area contributed by atoms with Gasteiger partial charge in [0.15, 0.2) is 7.29 Å². The van der Waals surface area contributed by atoms with E-state index in [4.69, 9.17) is 4.74 Å². The first-order chi connectivity index (χ1) is 13.0. The molecule has 4 rings (SSSR count). The van der Waals surface area contributed by atoms with E-state index in [1.54, 1.807) is 11.8 Å². The molecule has 2 heterocycles. The lowest BCUT2D eigenvalue weighted by molar-refractivity contribution is -0.0442. The SMILES string of the molecule is C[C@H]1CN(P2(=O)C=C(c3ccccc3)SC(c3ccccc3)=C2)C[C@H](C)O1. The van der Waals surface area contributed by atoms with E-state index in [0.717, 1.165) is 20.9 Å². The lowest BCUT2D eigenvalue weighted by Crippen LogP contribution is -2.43. The van der Waals surface area contributed by atoms with Crippen LogP contribution in [0.3, 0.4) is 0 Å². The Morgan fingerprint density at radius 2 is 1.30 bits per heavy atom. The van der Waals surface area contributed by atoms with Gasteiger partial charge in [-0.2, -0.15) is 0 Å². The molecule has 2 aliphatic heterocycles. The summed E-state index contributed by atoms with van der Waals surface area (Å²) in [5.41, 5.74) is 2.22. The summed E-state index contributed by atoms with van der Waals surface area (Å²) >= 11 is 1.70. The molecule has 3 nitrogen and oxygen atoms in total. The van der Waals surface area contributed by atoms with Gasteiger partial charge in [-0.3, -0.25) is 4.57 Å². The molecule has 0 saturated carbocycles. The third kappa shape index (κ3) is 4.14. The number of hydrogen-bond donors (Lipinski definition) is 0. The molecule has 0 bridgehead atoms. The standard InChI is InChI=1S/C22H24NO2PS/c1-17-13-23(14-18(2)25-17)26(24)15-21(19-9-5-3-6-10-19)27-22(16-26)20-11-7-4-8-12-20/h3-12,15-18H,13-14H2,1-2H3/t17-,18-/m0/s1. The van der Waals surface area contributed by atoms with Crippen molar-refractivity contribution in [2.24, 2.45) is 0 Å². The van der Waals surface area contributed by atoms with Crippen LogP contribution >= 0.6 is 19.1 Å². The van der Waals surface area contributed by atoms with Gasteiger partial charge in [-0.05, 0) is 25.0 Å². The summed E-state index contributed by atoms with van der Waals surface area (Å²) in [6.45, 7) is 5.47. The normalized spacial score (nSPS) is 25.6. The second-order valence-corrected chi connectivity index (χ2v) is 10.6. The predicted molar refractivity (Wildman–Crippen MR) is 116 cm³/mol. The molecule has 2 aliphatic rings. The van der Waals surface area contributed by atoms with Crippen LogP contribution in [-0.4, -0.2) is 30.0 Å². The number of thioether (sulfide) groups is 1. The Bertz CT molecular complexity index is 841. The first-order valence-electron chi connectivity index (χ1n) is 9.28. The summed E-state index contributed by atoms with van der Waals surface area (Å²) in [6.07, 6.45) is 0.160. The number of ether oxygens (including phenoxy) is 1. The molecule has 2 aromatic carbocycles.